The van der Waals surface area contributed by atoms with Gasteiger partial charge in [-0.1, -0.05) is 13.8 Å². The van der Waals surface area contributed by atoms with Gasteiger partial charge in [0.2, 0.25) is 5.79 Å². The van der Waals surface area contributed by atoms with E-state index < -0.39 is 5.79 Å². The zero-order valence-electron chi connectivity index (χ0n) is 19.0. The Labute approximate surface area is 180 Å². The number of nitrogens with one attached hydrogen (secondary N) is 2. The zero-order valence-corrected chi connectivity index (χ0v) is 19.0. The second kappa shape index (κ2) is 11.7. The Morgan fingerprint density at radius 3 is 2.33 bits per heavy atom. The number of anilines is 1. The monoisotopic (exact) mass is 417 g/mol. The molecule has 166 valence electrons. The molecule has 0 aliphatic carbocycles. The van der Waals surface area contributed by atoms with E-state index in [1.807, 2.05) is 44.2 Å². The fourth-order valence-corrected chi connectivity index (χ4v) is 3.17. The van der Waals surface area contributed by atoms with Gasteiger partial charge < -0.3 is 29.6 Å². The van der Waals surface area contributed by atoms with E-state index >= 15 is 0 Å². The van der Waals surface area contributed by atoms with Crippen LogP contribution in [0.1, 0.15) is 38.8 Å². The maximum absolute atomic E-state index is 6.11. The third kappa shape index (κ3) is 6.32. The molecule has 0 spiro atoms. The number of nitrogens with zero attached hydrogens (tertiary/aromatic N) is 1. The lowest BCUT2D eigenvalue weighted by Gasteiger charge is -2.34. The number of hydrogen-bond acceptors (Lipinski definition) is 7. The Hall–Kier alpha value is -2.35. The van der Waals surface area contributed by atoms with Crippen molar-refractivity contribution in [2.45, 2.75) is 46.1 Å². The fourth-order valence-electron chi connectivity index (χ4n) is 3.17. The van der Waals surface area contributed by atoms with Crippen molar-refractivity contribution in [3.8, 4) is 11.5 Å². The quantitative estimate of drug-likeness (QED) is 0.478. The van der Waals surface area contributed by atoms with Gasteiger partial charge >= 0.3 is 0 Å². The molecular formula is C23H35N3O4. The van der Waals surface area contributed by atoms with Gasteiger partial charge in [0.1, 0.15) is 17.3 Å². The molecule has 0 unspecified atom stereocenters. The highest BCUT2D eigenvalue weighted by Gasteiger charge is 2.34. The summed E-state index contributed by atoms with van der Waals surface area (Å²) in [6.07, 6.45) is 1.77. The number of aromatic nitrogens is 1. The molecule has 0 aliphatic rings. The molecule has 1 aromatic heterocycles. The summed E-state index contributed by atoms with van der Waals surface area (Å²) in [4.78, 5) is 4.46. The first-order chi connectivity index (χ1) is 14.5. The second-order valence-electron chi connectivity index (χ2n) is 7.12. The first-order valence-electron chi connectivity index (χ1n) is 10.4. The SMILES string of the molecule is CCOC(CNC(C)C)(OCC)c1ccnc(NCc2ccc(OC)cc2OC)c1. The van der Waals surface area contributed by atoms with Crippen molar-refractivity contribution >= 4 is 5.82 Å². The largest absolute Gasteiger partial charge is 0.497 e. The summed E-state index contributed by atoms with van der Waals surface area (Å²) in [5.74, 6) is 1.38. The van der Waals surface area contributed by atoms with Gasteiger partial charge in [-0.15, -0.1) is 0 Å². The Bertz CT molecular complexity index is 777. The van der Waals surface area contributed by atoms with Crippen LogP contribution in [-0.4, -0.2) is 45.0 Å². The summed E-state index contributed by atoms with van der Waals surface area (Å²) in [5.41, 5.74) is 1.92. The molecule has 1 heterocycles. The average molecular weight is 418 g/mol. The van der Waals surface area contributed by atoms with Gasteiger partial charge in [0, 0.05) is 49.2 Å². The minimum Gasteiger partial charge on any atom is -0.497 e. The highest BCUT2D eigenvalue weighted by atomic mass is 16.7. The Morgan fingerprint density at radius 2 is 1.73 bits per heavy atom. The lowest BCUT2D eigenvalue weighted by Crippen LogP contribution is -2.45. The van der Waals surface area contributed by atoms with Crippen LogP contribution in [0.3, 0.4) is 0 Å². The van der Waals surface area contributed by atoms with Crippen LogP contribution >= 0.6 is 0 Å². The molecule has 0 atom stereocenters. The Morgan fingerprint density at radius 1 is 1.00 bits per heavy atom. The van der Waals surface area contributed by atoms with Crippen LogP contribution in [0.4, 0.5) is 5.82 Å². The highest BCUT2D eigenvalue weighted by molar-refractivity contribution is 5.45. The molecule has 2 aromatic rings. The lowest BCUT2D eigenvalue weighted by molar-refractivity contribution is -0.239. The van der Waals surface area contributed by atoms with E-state index in [0.717, 1.165) is 28.4 Å². The predicted octanol–water partition coefficient (Wildman–Crippen LogP) is 3.93. The first-order valence-corrected chi connectivity index (χ1v) is 10.4. The Kier molecular flexibility index (Phi) is 9.36. The maximum atomic E-state index is 6.11. The minimum atomic E-state index is -0.870. The summed E-state index contributed by atoms with van der Waals surface area (Å²) in [6, 6.07) is 9.98. The normalized spacial score (nSPS) is 11.6. The van der Waals surface area contributed by atoms with Crippen molar-refractivity contribution in [2.75, 3.05) is 39.3 Å². The van der Waals surface area contributed by atoms with E-state index in [1.165, 1.54) is 0 Å². The topological polar surface area (TPSA) is 73.9 Å². The van der Waals surface area contributed by atoms with Crippen molar-refractivity contribution in [3.63, 3.8) is 0 Å². The molecule has 7 nitrogen and oxygen atoms in total. The zero-order chi connectivity index (χ0) is 22.0. The molecule has 7 heteroatoms. The standard InChI is InChI=1S/C23H35N3O4/c1-7-29-23(30-8-2,16-26-17(3)4)19-11-12-24-22(13-19)25-15-18-9-10-20(27-5)14-21(18)28-6/h9-14,17,26H,7-8,15-16H2,1-6H3,(H,24,25). The van der Waals surface area contributed by atoms with Crippen LogP contribution in [0.25, 0.3) is 0 Å². The molecule has 1 aromatic carbocycles. The molecule has 0 fully saturated rings. The Balaban J connectivity index is 2.24. The van der Waals surface area contributed by atoms with Crippen molar-refractivity contribution < 1.29 is 18.9 Å². The molecule has 0 radical (unpaired) electrons. The van der Waals surface area contributed by atoms with Crippen molar-refractivity contribution in [3.05, 3.63) is 47.7 Å². The van der Waals surface area contributed by atoms with Crippen molar-refractivity contribution in [1.82, 2.24) is 10.3 Å². The van der Waals surface area contributed by atoms with E-state index in [9.17, 15) is 0 Å². The highest BCUT2D eigenvalue weighted by Crippen LogP contribution is 2.29. The number of methoxy groups -OCH3 is 2. The van der Waals surface area contributed by atoms with E-state index in [-0.39, 0.29) is 0 Å². The fraction of sp³-hybridized carbons (Fsp3) is 0.522. The van der Waals surface area contributed by atoms with Gasteiger partial charge in [0.15, 0.2) is 0 Å². The summed E-state index contributed by atoms with van der Waals surface area (Å²) in [5, 5.41) is 6.81. The number of rotatable bonds is 13. The average Bonchev–Trinajstić information content (AvgIpc) is 2.76. The molecule has 0 aliphatic heterocycles. The molecule has 0 bridgehead atoms. The summed E-state index contributed by atoms with van der Waals surface area (Å²) in [7, 11) is 3.29. The number of ether oxygens (including phenoxy) is 4. The third-order valence-electron chi connectivity index (χ3n) is 4.65. The smallest absolute Gasteiger partial charge is 0.207 e. The van der Waals surface area contributed by atoms with Crippen molar-refractivity contribution in [2.24, 2.45) is 0 Å². The molecular weight excluding hydrogens is 382 g/mol. The molecule has 0 amide bonds. The van der Waals surface area contributed by atoms with Crippen LogP contribution in [0.2, 0.25) is 0 Å². The maximum Gasteiger partial charge on any atom is 0.207 e. The predicted molar refractivity (Wildman–Crippen MR) is 119 cm³/mol. The van der Waals surface area contributed by atoms with Gasteiger partial charge in [0.05, 0.1) is 20.8 Å². The van der Waals surface area contributed by atoms with Crippen LogP contribution in [0, 0.1) is 0 Å². The molecule has 2 rings (SSSR count). The molecule has 2 N–H and O–H groups in total. The second-order valence-corrected chi connectivity index (χ2v) is 7.12. The minimum absolute atomic E-state index is 0.312. The van der Waals surface area contributed by atoms with E-state index in [0.29, 0.717) is 32.3 Å². The van der Waals surface area contributed by atoms with E-state index in [1.54, 1.807) is 20.4 Å². The van der Waals surface area contributed by atoms with Gasteiger partial charge in [-0.3, -0.25) is 0 Å². The summed E-state index contributed by atoms with van der Waals surface area (Å²) >= 11 is 0. The number of hydrogen-bond donors (Lipinski definition) is 2. The van der Waals surface area contributed by atoms with Crippen LogP contribution in [0.5, 0.6) is 11.5 Å². The summed E-state index contributed by atoms with van der Waals surface area (Å²) in [6.45, 7) is 10.3. The van der Waals surface area contributed by atoms with E-state index in [2.05, 4.69) is 29.5 Å². The molecule has 0 saturated carbocycles. The van der Waals surface area contributed by atoms with Crippen molar-refractivity contribution in [1.29, 1.82) is 0 Å². The lowest BCUT2D eigenvalue weighted by atomic mass is 10.1. The number of pyridine rings is 1. The third-order valence-corrected chi connectivity index (χ3v) is 4.65. The van der Waals surface area contributed by atoms with Gasteiger partial charge in [-0.2, -0.15) is 0 Å². The van der Waals surface area contributed by atoms with Crippen LogP contribution in [0.15, 0.2) is 36.5 Å². The van der Waals surface area contributed by atoms with Gasteiger partial charge in [-0.05, 0) is 38.1 Å². The summed E-state index contributed by atoms with van der Waals surface area (Å²) < 4.78 is 23.0. The first kappa shape index (κ1) is 23.9. The van der Waals surface area contributed by atoms with Gasteiger partial charge in [0.25, 0.3) is 0 Å². The van der Waals surface area contributed by atoms with E-state index in [4.69, 9.17) is 18.9 Å². The van der Waals surface area contributed by atoms with Gasteiger partial charge in [-0.25, -0.2) is 4.98 Å². The molecule has 0 saturated heterocycles. The molecule has 30 heavy (non-hydrogen) atoms. The number of benzene rings is 1. The van der Waals surface area contributed by atoms with Crippen LogP contribution < -0.4 is 20.1 Å². The van der Waals surface area contributed by atoms with Crippen LogP contribution in [-0.2, 0) is 21.8 Å².